The number of alkyl halides is 1. The van der Waals surface area contributed by atoms with Crippen molar-refractivity contribution in [3.05, 3.63) is 42.0 Å². The van der Waals surface area contributed by atoms with Crippen molar-refractivity contribution in [2.45, 2.75) is 31.2 Å². The standard InChI is InChI=1S/C14H15ClO2/c1-10(16)17-12-7-8-14(15)13(9-12)11-5-3-2-4-6-11/h2-6,9,12,14H,7-8H2,1H3/t12-,14+/m0/s1. The first-order valence-corrected chi connectivity index (χ1v) is 6.19. The molecule has 0 fully saturated rings. The molecule has 1 aliphatic rings. The highest BCUT2D eigenvalue weighted by Crippen LogP contribution is 2.32. The number of rotatable bonds is 2. The molecule has 0 unspecified atom stereocenters. The van der Waals surface area contributed by atoms with E-state index < -0.39 is 0 Å². The Bertz CT molecular complexity index is 425. The summed E-state index contributed by atoms with van der Waals surface area (Å²) in [5.41, 5.74) is 2.16. The van der Waals surface area contributed by atoms with Crippen molar-refractivity contribution in [2.75, 3.05) is 0 Å². The molecule has 0 radical (unpaired) electrons. The fourth-order valence-electron chi connectivity index (χ4n) is 2.07. The molecule has 2 nitrogen and oxygen atoms in total. The number of carbonyl (C=O) groups excluding carboxylic acids is 1. The molecular weight excluding hydrogens is 236 g/mol. The summed E-state index contributed by atoms with van der Waals surface area (Å²) in [6.45, 7) is 1.43. The molecule has 3 heteroatoms. The van der Waals surface area contributed by atoms with Crippen LogP contribution in [0, 0.1) is 0 Å². The third-order valence-electron chi connectivity index (χ3n) is 2.83. The van der Waals surface area contributed by atoms with Gasteiger partial charge in [0.1, 0.15) is 6.10 Å². The number of allylic oxidation sites excluding steroid dienone is 1. The van der Waals surface area contributed by atoms with E-state index in [4.69, 9.17) is 16.3 Å². The number of carbonyl (C=O) groups is 1. The highest BCUT2D eigenvalue weighted by Gasteiger charge is 2.23. The molecule has 1 aromatic rings. The zero-order chi connectivity index (χ0) is 12.3. The second-order valence-corrected chi connectivity index (χ2v) is 4.71. The van der Waals surface area contributed by atoms with Crippen LogP contribution in [0.15, 0.2) is 36.4 Å². The normalized spacial score (nSPS) is 24.0. The van der Waals surface area contributed by atoms with Gasteiger partial charge in [-0.15, -0.1) is 11.6 Å². The van der Waals surface area contributed by atoms with Gasteiger partial charge < -0.3 is 4.74 Å². The van der Waals surface area contributed by atoms with Gasteiger partial charge in [-0.2, -0.15) is 0 Å². The molecule has 17 heavy (non-hydrogen) atoms. The number of halogens is 1. The molecule has 1 aliphatic carbocycles. The maximum atomic E-state index is 11.0. The molecule has 90 valence electrons. The van der Waals surface area contributed by atoms with Crippen LogP contribution in [0.1, 0.15) is 25.3 Å². The van der Waals surface area contributed by atoms with Crippen LogP contribution in [0.2, 0.25) is 0 Å². The number of esters is 1. The van der Waals surface area contributed by atoms with Gasteiger partial charge in [0.25, 0.3) is 0 Å². The Balaban J connectivity index is 2.23. The van der Waals surface area contributed by atoms with E-state index in [1.54, 1.807) is 0 Å². The van der Waals surface area contributed by atoms with E-state index in [0.717, 1.165) is 24.0 Å². The van der Waals surface area contributed by atoms with Crippen molar-refractivity contribution in [1.82, 2.24) is 0 Å². The first-order valence-electron chi connectivity index (χ1n) is 5.75. The molecule has 0 N–H and O–H groups in total. The Morgan fingerprint density at radius 1 is 1.29 bits per heavy atom. The monoisotopic (exact) mass is 250 g/mol. The molecule has 0 heterocycles. The second-order valence-electron chi connectivity index (χ2n) is 4.18. The van der Waals surface area contributed by atoms with Crippen LogP contribution in [0.5, 0.6) is 0 Å². The molecule has 0 spiro atoms. The van der Waals surface area contributed by atoms with Gasteiger partial charge in [0.2, 0.25) is 0 Å². The minimum atomic E-state index is -0.244. The Morgan fingerprint density at radius 3 is 2.65 bits per heavy atom. The number of hydrogen-bond donors (Lipinski definition) is 0. The number of hydrogen-bond acceptors (Lipinski definition) is 2. The molecule has 0 bridgehead atoms. The van der Waals surface area contributed by atoms with Gasteiger partial charge in [0.15, 0.2) is 0 Å². The minimum absolute atomic E-state index is 0.00390. The molecule has 0 aromatic heterocycles. The van der Waals surface area contributed by atoms with E-state index in [2.05, 4.69) is 0 Å². The van der Waals surface area contributed by atoms with Gasteiger partial charge >= 0.3 is 5.97 Å². The van der Waals surface area contributed by atoms with Crippen LogP contribution >= 0.6 is 11.6 Å². The summed E-state index contributed by atoms with van der Waals surface area (Å²) >= 11 is 6.31. The summed E-state index contributed by atoms with van der Waals surface area (Å²) in [5.74, 6) is -0.244. The maximum absolute atomic E-state index is 11.0. The van der Waals surface area contributed by atoms with E-state index in [0.29, 0.717) is 0 Å². The zero-order valence-electron chi connectivity index (χ0n) is 9.73. The first kappa shape index (κ1) is 12.2. The Labute approximate surface area is 106 Å². The predicted molar refractivity (Wildman–Crippen MR) is 68.8 cm³/mol. The van der Waals surface area contributed by atoms with Crippen molar-refractivity contribution < 1.29 is 9.53 Å². The molecule has 0 saturated heterocycles. The van der Waals surface area contributed by atoms with Crippen LogP contribution in [0.3, 0.4) is 0 Å². The summed E-state index contributed by atoms with van der Waals surface area (Å²) in [6, 6.07) is 9.98. The van der Waals surface area contributed by atoms with Gasteiger partial charge in [-0.1, -0.05) is 30.3 Å². The number of ether oxygens (including phenoxy) is 1. The topological polar surface area (TPSA) is 26.3 Å². The van der Waals surface area contributed by atoms with E-state index in [-0.39, 0.29) is 17.5 Å². The van der Waals surface area contributed by atoms with Gasteiger partial charge in [-0.3, -0.25) is 4.79 Å². The molecule has 1 aromatic carbocycles. The molecular formula is C14H15ClO2. The quantitative estimate of drug-likeness (QED) is 0.594. The lowest BCUT2D eigenvalue weighted by atomic mass is 9.92. The largest absolute Gasteiger partial charge is 0.458 e. The third kappa shape index (κ3) is 3.10. The molecule has 0 aliphatic heterocycles. The van der Waals surface area contributed by atoms with Crippen molar-refractivity contribution >= 4 is 23.1 Å². The Hall–Kier alpha value is -1.28. The van der Waals surface area contributed by atoms with Crippen LogP contribution in [0.4, 0.5) is 0 Å². The van der Waals surface area contributed by atoms with Crippen molar-refractivity contribution in [1.29, 1.82) is 0 Å². The van der Waals surface area contributed by atoms with Crippen molar-refractivity contribution in [3.63, 3.8) is 0 Å². The third-order valence-corrected chi connectivity index (χ3v) is 3.29. The van der Waals surface area contributed by atoms with Crippen molar-refractivity contribution in [3.8, 4) is 0 Å². The van der Waals surface area contributed by atoms with Crippen LogP contribution in [0.25, 0.3) is 5.57 Å². The Morgan fingerprint density at radius 2 is 2.00 bits per heavy atom. The van der Waals surface area contributed by atoms with Gasteiger partial charge in [0.05, 0.1) is 5.38 Å². The fourth-order valence-corrected chi connectivity index (χ4v) is 2.39. The summed E-state index contributed by atoms with van der Waals surface area (Å²) in [5, 5.41) is 0.00390. The lowest BCUT2D eigenvalue weighted by Crippen LogP contribution is -2.21. The van der Waals surface area contributed by atoms with Crippen LogP contribution in [-0.4, -0.2) is 17.5 Å². The highest BCUT2D eigenvalue weighted by atomic mass is 35.5. The SMILES string of the molecule is CC(=O)O[C@@H]1C=C(c2ccccc2)[C@H](Cl)CC1. The average Bonchev–Trinajstić information content (AvgIpc) is 2.32. The molecule has 0 saturated carbocycles. The van der Waals surface area contributed by atoms with E-state index in [1.165, 1.54) is 6.92 Å². The van der Waals surface area contributed by atoms with Crippen LogP contribution < -0.4 is 0 Å². The summed E-state index contributed by atoms with van der Waals surface area (Å²) in [7, 11) is 0. The summed E-state index contributed by atoms with van der Waals surface area (Å²) < 4.78 is 5.22. The summed E-state index contributed by atoms with van der Waals surface area (Å²) in [4.78, 5) is 11.0. The van der Waals surface area contributed by atoms with Crippen LogP contribution in [-0.2, 0) is 9.53 Å². The lowest BCUT2D eigenvalue weighted by Gasteiger charge is -2.25. The maximum Gasteiger partial charge on any atom is 0.303 e. The fraction of sp³-hybridized carbons (Fsp3) is 0.357. The predicted octanol–water partition coefficient (Wildman–Crippen LogP) is 3.40. The van der Waals surface area contributed by atoms with Gasteiger partial charge in [-0.25, -0.2) is 0 Å². The second kappa shape index (κ2) is 5.37. The molecule has 2 rings (SSSR count). The lowest BCUT2D eigenvalue weighted by molar-refractivity contribution is -0.144. The zero-order valence-corrected chi connectivity index (χ0v) is 10.5. The highest BCUT2D eigenvalue weighted by molar-refractivity contribution is 6.26. The van der Waals surface area contributed by atoms with Gasteiger partial charge in [0, 0.05) is 6.92 Å². The van der Waals surface area contributed by atoms with E-state index >= 15 is 0 Å². The smallest absolute Gasteiger partial charge is 0.303 e. The van der Waals surface area contributed by atoms with Gasteiger partial charge in [-0.05, 0) is 30.1 Å². The molecule has 0 amide bonds. The minimum Gasteiger partial charge on any atom is -0.458 e. The van der Waals surface area contributed by atoms with E-state index in [9.17, 15) is 4.79 Å². The summed E-state index contributed by atoms with van der Waals surface area (Å²) in [6.07, 6.45) is 3.46. The Kier molecular flexibility index (Phi) is 3.85. The van der Waals surface area contributed by atoms with E-state index in [1.807, 2.05) is 36.4 Å². The average molecular weight is 251 g/mol. The van der Waals surface area contributed by atoms with Crippen molar-refractivity contribution in [2.24, 2.45) is 0 Å². The number of benzene rings is 1. The first-order chi connectivity index (χ1) is 8.16. The molecule has 2 atom stereocenters.